The number of benzene rings is 1. The van der Waals surface area contributed by atoms with Gasteiger partial charge in [0.25, 0.3) is 0 Å². The molecule has 1 amide bonds. The molecular weight excluding hydrogens is 283 g/mol. The molecule has 0 aliphatic rings. The second-order valence-corrected chi connectivity index (χ2v) is 4.20. The van der Waals surface area contributed by atoms with Crippen LogP contribution >= 0.6 is 0 Å². The molecule has 0 saturated heterocycles. The quantitative estimate of drug-likeness (QED) is 0.528. The highest BCUT2D eigenvalue weighted by Crippen LogP contribution is 2.29. The summed E-state index contributed by atoms with van der Waals surface area (Å²) in [5, 5.41) is 10.4. The largest absolute Gasteiger partial charge is 0.320 e. The van der Waals surface area contributed by atoms with Crippen molar-refractivity contribution in [2.24, 2.45) is 5.41 Å². The third-order valence-electron chi connectivity index (χ3n) is 2.90. The van der Waals surface area contributed by atoms with E-state index in [9.17, 15) is 26.7 Å². The molecule has 3 nitrogen and oxygen atoms in total. The van der Waals surface area contributed by atoms with Crippen molar-refractivity contribution in [1.29, 1.82) is 5.26 Å². The zero-order chi connectivity index (χ0) is 15.7. The molecule has 0 saturated carbocycles. The van der Waals surface area contributed by atoms with Crippen molar-refractivity contribution in [1.82, 2.24) is 0 Å². The summed E-state index contributed by atoms with van der Waals surface area (Å²) in [5.41, 5.74) is -3.12. The molecule has 0 bridgehead atoms. The van der Waals surface area contributed by atoms with E-state index in [-0.39, 0.29) is 6.42 Å². The Morgan fingerprint density at radius 2 is 1.50 bits per heavy atom. The average molecular weight is 292 g/mol. The van der Waals surface area contributed by atoms with Crippen LogP contribution in [0.25, 0.3) is 0 Å². The van der Waals surface area contributed by atoms with E-state index in [4.69, 9.17) is 5.26 Å². The van der Waals surface area contributed by atoms with E-state index in [1.807, 2.05) is 0 Å². The van der Waals surface area contributed by atoms with Gasteiger partial charge in [-0.25, -0.2) is 22.0 Å². The Labute approximate surface area is 111 Å². The number of anilines is 1. The van der Waals surface area contributed by atoms with Gasteiger partial charge in [0.1, 0.15) is 11.1 Å². The number of hydrogen-bond donors (Lipinski definition) is 1. The molecule has 108 valence electrons. The Bertz CT molecular complexity index is 582. The third-order valence-corrected chi connectivity index (χ3v) is 2.90. The number of carbonyl (C=O) groups is 1. The van der Waals surface area contributed by atoms with Gasteiger partial charge >= 0.3 is 0 Å². The molecule has 1 aromatic rings. The monoisotopic (exact) mass is 292 g/mol. The van der Waals surface area contributed by atoms with E-state index < -0.39 is 46.1 Å². The van der Waals surface area contributed by atoms with Crippen LogP contribution in [-0.4, -0.2) is 5.91 Å². The lowest BCUT2D eigenvalue weighted by Gasteiger charge is -2.19. The number of amides is 1. The Morgan fingerprint density at radius 1 is 1.10 bits per heavy atom. The number of nitrogens with one attached hydrogen (secondary N) is 1. The van der Waals surface area contributed by atoms with Crippen molar-refractivity contribution in [2.75, 3.05) is 5.32 Å². The zero-order valence-corrected chi connectivity index (χ0v) is 10.5. The molecule has 0 radical (unpaired) electrons. The first-order chi connectivity index (χ1) is 9.19. The molecule has 0 heterocycles. The van der Waals surface area contributed by atoms with Gasteiger partial charge in [-0.15, -0.1) is 0 Å². The maximum Gasteiger partial charge on any atom is 0.244 e. The fourth-order valence-electron chi connectivity index (χ4n) is 1.26. The summed E-state index contributed by atoms with van der Waals surface area (Å²) in [7, 11) is 0. The highest BCUT2D eigenvalue weighted by molar-refractivity contribution is 5.97. The summed E-state index contributed by atoms with van der Waals surface area (Å²) in [6.45, 7) is 2.63. The van der Waals surface area contributed by atoms with E-state index in [1.54, 1.807) is 11.4 Å². The van der Waals surface area contributed by atoms with Crippen LogP contribution in [0.1, 0.15) is 20.3 Å². The Balaban J connectivity index is 3.31. The van der Waals surface area contributed by atoms with Gasteiger partial charge in [-0.05, 0) is 13.3 Å². The molecule has 0 spiro atoms. The summed E-state index contributed by atoms with van der Waals surface area (Å²) in [6.07, 6.45) is -0.00920. The van der Waals surface area contributed by atoms with Crippen LogP contribution in [0.15, 0.2) is 0 Å². The maximum atomic E-state index is 13.3. The molecule has 0 aliphatic heterocycles. The van der Waals surface area contributed by atoms with Crippen LogP contribution in [0.5, 0.6) is 0 Å². The molecule has 1 unspecified atom stereocenters. The summed E-state index contributed by atoms with van der Waals surface area (Å²) in [6, 6.07) is 1.61. The minimum Gasteiger partial charge on any atom is -0.320 e. The Morgan fingerprint density at radius 3 is 1.85 bits per heavy atom. The zero-order valence-electron chi connectivity index (χ0n) is 10.5. The number of rotatable bonds is 3. The first-order valence-electron chi connectivity index (χ1n) is 5.43. The highest BCUT2D eigenvalue weighted by Gasteiger charge is 2.34. The highest BCUT2D eigenvalue weighted by atomic mass is 19.2. The predicted molar refractivity (Wildman–Crippen MR) is 58.9 cm³/mol. The van der Waals surface area contributed by atoms with Crippen molar-refractivity contribution in [3.8, 4) is 6.07 Å². The topological polar surface area (TPSA) is 52.9 Å². The fraction of sp³-hybridized carbons (Fsp3) is 0.333. The van der Waals surface area contributed by atoms with E-state index in [0.29, 0.717) is 0 Å². The van der Waals surface area contributed by atoms with Crippen LogP contribution in [0.4, 0.5) is 27.6 Å². The average Bonchev–Trinajstić information content (AvgIpc) is 2.46. The lowest BCUT2D eigenvalue weighted by molar-refractivity contribution is -0.122. The van der Waals surface area contributed by atoms with Gasteiger partial charge in [-0.3, -0.25) is 4.79 Å². The first-order valence-corrected chi connectivity index (χ1v) is 5.43. The van der Waals surface area contributed by atoms with Crippen molar-refractivity contribution < 1.29 is 26.7 Å². The van der Waals surface area contributed by atoms with Crippen LogP contribution in [0.3, 0.4) is 0 Å². The van der Waals surface area contributed by atoms with E-state index >= 15 is 0 Å². The van der Waals surface area contributed by atoms with Gasteiger partial charge in [-0.1, -0.05) is 6.92 Å². The second-order valence-electron chi connectivity index (χ2n) is 4.20. The van der Waals surface area contributed by atoms with Crippen LogP contribution in [0.2, 0.25) is 0 Å². The molecule has 1 N–H and O–H groups in total. The van der Waals surface area contributed by atoms with Crippen LogP contribution < -0.4 is 5.32 Å². The molecule has 1 atom stereocenters. The van der Waals surface area contributed by atoms with Crippen molar-refractivity contribution in [3.63, 3.8) is 0 Å². The molecule has 1 rings (SSSR count). The predicted octanol–water partition coefficient (Wildman–Crippen LogP) is 3.26. The van der Waals surface area contributed by atoms with Gasteiger partial charge in [0.05, 0.1) is 6.07 Å². The Hall–Kier alpha value is -2.17. The van der Waals surface area contributed by atoms with Crippen molar-refractivity contribution >= 4 is 11.6 Å². The number of hydrogen-bond acceptors (Lipinski definition) is 2. The minimum atomic E-state index is -2.32. The van der Waals surface area contributed by atoms with Gasteiger partial charge in [0.2, 0.25) is 11.7 Å². The van der Waals surface area contributed by atoms with Crippen LogP contribution in [-0.2, 0) is 4.79 Å². The molecular formula is C12H9F5N2O. The first kappa shape index (κ1) is 15.9. The fourth-order valence-corrected chi connectivity index (χ4v) is 1.26. The van der Waals surface area contributed by atoms with Gasteiger partial charge in [0.15, 0.2) is 23.3 Å². The summed E-state index contributed by atoms with van der Waals surface area (Å²) in [4.78, 5) is 11.7. The summed E-state index contributed by atoms with van der Waals surface area (Å²) < 4.78 is 65.4. The number of nitrogens with zero attached hydrogens (tertiary/aromatic N) is 1. The number of nitriles is 1. The Kier molecular flexibility index (Phi) is 4.33. The van der Waals surface area contributed by atoms with Gasteiger partial charge in [0, 0.05) is 0 Å². The van der Waals surface area contributed by atoms with Gasteiger partial charge < -0.3 is 5.32 Å². The molecule has 20 heavy (non-hydrogen) atoms. The molecule has 1 aromatic carbocycles. The smallest absolute Gasteiger partial charge is 0.244 e. The van der Waals surface area contributed by atoms with Crippen LogP contribution in [0, 0.1) is 45.8 Å². The molecule has 0 aromatic heterocycles. The number of halogens is 5. The standard InChI is InChI=1S/C12H9F5N2O/c1-3-12(2,4-18)11(20)19-10-8(16)6(14)5(13)7(15)9(10)17/h3H2,1-2H3,(H,19,20). The summed E-state index contributed by atoms with van der Waals surface area (Å²) >= 11 is 0. The maximum absolute atomic E-state index is 13.3. The van der Waals surface area contributed by atoms with Crippen molar-refractivity contribution in [3.05, 3.63) is 29.1 Å². The van der Waals surface area contributed by atoms with E-state index in [0.717, 1.165) is 0 Å². The molecule has 0 aliphatic carbocycles. The van der Waals surface area contributed by atoms with Gasteiger partial charge in [-0.2, -0.15) is 5.26 Å². The van der Waals surface area contributed by atoms with E-state index in [2.05, 4.69) is 0 Å². The van der Waals surface area contributed by atoms with E-state index in [1.165, 1.54) is 13.8 Å². The summed E-state index contributed by atoms with van der Waals surface area (Å²) in [5.74, 6) is -12.1. The lowest BCUT2D eigenvalue weighted by Crippen LogP contribution is -2.32. The van der Waals surface area contributed by atoms with Crippen molar-refractivity contribution in [2.45, 2.75) is 20.3 Å². The third kappa shape index (κ3) is 2.43. The lowest BCUT2D eigenvalue weighted by atomic mass is 9.88. The SMILES string of the molecule is CCC(C)(C#N)C(=O)Nc1c(F)c(F)c(F)c(F)c1F. The minimum absolute atomic E-state index is 0.00920. The number of carbonyl (C=O) groups excluding carboxylic acids is 1. The second kappa shape index (κ2) is 5.45. The molecule has 0 fully saturated rings. The molecule has 8 heteroatoms. The normalized spacial score (nSPS) is 13.5.